The Hall–Kier alpha value is -2.52. The highest BCUT2D eigenvalue weighted by molar-refractivity contribution is 9.10. The molecule has 6 heteroatoms. The zero-order chi connectivity index (χ0) is 15.4. The van der Waals surface area contributed by atoms with Crippen molar-refractivity contribution in [2.75, 3.05) is 18.2 Å². The van der Waals surface area contributed by atoms with Gasteiger partial charge in [0.25, 0.3) is 0 Å². The van der Waals surface area contributed by atoms with E-state index in [1.807, 2.05) is 0 Å². The van der Waals surface area contributed by atoms with Crippen LogP contribution < -0.4 is 11.1 Å². The molecular formula is C15H12BrN3O2. The molecule has 5 nitrogen and oxygen atoms in total. The Balaban J connectivity index is 2.52. The van der Waals surface area contributed by atoms with Gasteiger partial charge in [0.05, 0.1) is 35.3 Å². The third-order valence-corrected chi connectivity index (χ3v) is 3.36. The first-order chi connectivity index (χ1) is 10.1. The summed E-state index contributed by atoms with van der Waals surface area (Å²) in [6.07, 6.45) is 0. The molecule has 106 valence electrons. The predicted octanol–water partition coefficient (Wildman–Crippen LogP) is 3.43. The van der Waals surface area contributed by atoms with Crippen LogP contribution in [-0.4, -0.2) is 13.1 Å². The van der Waals surface area contributed by atoms with E-state index in [1.165, 1.54) is 7.11 Å². The Labute approximate surface area is 130 Å². The highest BCUT2D eigenvalue weighted by Gasteiger charge is 2.15. The number of nitrogens with one attached hydrogen (secondary N) is 1. The number of hydrogen-bond acceptors (Lipinski definition) is 5. The van der Waals surface area contributed by atoms with Crippen molar-refractivity contribution < 1.29 is 9.53 Å². The summed E-state index contributed by atoms with van der Waals surface area (Å²) in [5.74, 6) is -0.502. The fourth-order valence-corrected chi connectivity index (χ4v) is 2.20. The van der Waals surface area contributed by atoms with Crippen molar-refractivity contribution in [3.8, 4) is 6.07 Å². The molecule has 21 heavy (non-hydrogen) atoms. The summed E-state index contributed by atoms with van der Waals surface area (Å²) in [5, 5.41) is 12.2. The first-order valence-electron chi connectivity index (χ1n) is 6.00. The number of nitriles is 1. The molecule has 2 aromatic rings. The molecule has 0 atom stereocenters. The molecule has 0 amide bonds. The summed E-state index contributed by atoms with van der Waals surface area (Å²) >= 11 is 3.35. The summed E-state index contributed by atoms with van der Waals surface area (Å²) in [7, 11) is 1.30. The topological polar surface area (TPSA) is 88.1 Å². The first kappa shape index (κ1) is 14.9. The van der Waals surface area contributed by atoms with Gasteiger partial charge in [-0.2, -0.15) is 5.26 Å². The van der Waals surface area contributed by atoms with Gasteiger partial charge in [-0.15, -0.1) is 0 Å². The van der Waals surface area contributed by atoms with Crippen molar-refractivity contribution in [2.24, 2.45) is 0 Å². The number of halogens is 1. The summed E-state index contributed by atoms with van der Waals surface area (Å²) in [6.45, 7) is 0. The number of nitrogens with zero attached hydrogens (tertiary/aromatic N) is 1. The fraction of sp³-hybridized carbons (Fsp3) is 0.0667. The quantitative estimate of drug-likeness (QED) is 0.657. The smallest absolute Gasteiger partial charge is 0.340 e. The zero-order valence-electron chi connectivity index (χ0n) is 11.2. The first-order valence-corrected chi connectivity index (χ1v) is 6.79. The molecule has 0 heterocycles. The number of hydrogen-bond donors (Lipinski definition) is 2. The Morgan fingerprint density at radius 3 is 2.81 bits per heavy atom. The van der Waals surface area contributed by atoms with E-state index in [0.717, 1.165) is 4.47 Å². The van der Waals surface area contributed by atoms with Gasteiger partial charge in [-0.05, 0) is 30.3 Å². The Morgan fingerprint density at radius 2 is 2.14 bits per heavy atom. The highest BCUT2D eigenvalue weighted by Crippen LogP contribution is 2.30. The number of carbonyl (C=O) groups is 1. The molecular weight excluding hydrogens is 334 g/mol. The lowest BCUT2D eigenvalue weighted by molar-refractivity contribution is 0.0602. The molecule has 0 saturated heterocycles. The van der Waals surface area contributed by atoms with Gasteiger partial charge < -0.3 is 15.8 Å². The van der Waals surface area contributed by atoms with Gasteiger partial charge in [-0.25, -0.2) is 4.79 Å². The van der Waals surface area contributed by atoms with Crippen molar-refractivity contribution >= 4 is 39.0 Å². The maximum Gasteiger partial charge on any atom is 0.340 e. The number of nitrogens with two attached hydrogens (primary N) is 1. The number of rotatable bonds is 3. The number of esters is 1. The summed E-state index contributed by atoms with van der Waals surface area (Å²) in [4.78, 5) is 11.8. The van der Waals surface area contributed by atoms with Gasteiger partial charge in [0, 0.05) is 4.47 Å². The van der Waals surface area contributed by atoms with Crippen LogP contribution in [0.25, 0.3) is 0 Å². The molecule has 0 radical (unpaired) electrons. The number of anilines is 3. The second-order valence-electron chi connectivity index (χ2n) is 4.19. The van der Waals surface area contributed by atoms with Crippen LogP contribution >= 0.6 is 15.9 Å². The molecule has 0 unspecified atom stereocenters. The van der Waals surface area contributed by atoms with Crippen LogP contribution in [0.3, 0.4) is 0 Å². The van der Waals surface area contributed by atoms with E-state index in [-0.39, 0.29) is 0 Å². The molecule has 0 aliphatic carbocycles. The van der Waals surface area contributed by atoms with Crippen LogP contribution in [0.15, 0.2) is 40.9 Å². The Kier molecular flexibility index (Phi) is 4.45. The normalized spacial score (nSPS) is 9.76. The van der Waals surface area contributed by atoms with Crippen molar-refractivity contribution in [3.05, 3.63) is 52.0 Å². The molecule has 2 aromatic carbocycles. The standard InChI is InChI=1S/C15H12BrN3O2/c1-21-15(20)11-3-2-4-12(18)14(11)19-13-7-10(16)6-5-9(13)8-17/h2-7,19H,18H2,1H3. The second kappa shape index (κ2) is 6.29. The molecule has 0 spiro atoms. The molecule has 0 bridgehead atoms. The van der Waals surface area contributed by atoms with Crippen LogP contribution in [0.2, 0.25) is 0 Å². The lowest BCUT2D eigenvalue weighted by atomic mass is 10.1. The fourth-order valence-electron chi connectivity index (χ4n) is 1.84. The second-order valence-corrected chi connectivity index (χ2v) is 5.10. The van der Waals surface area contributed by atoms with Crippen molar-refractivity contribution in [3.63, 3.8) is 0 Å². The molecule has 0 saturated carbocycles. The van der Waals surface area contributed by atoms with Gasteiger partial charge in [0.15, 0.2) is 0 Å². The molecule has 0 aliphatic heterocycles. The maximum atomic E-state index is 11.8. The van der Waals surface area contributed by atoms with Gasteiger partial charge in [-0.3, -0.25) is 0 Å². The largest absolute Gasteiger partial charge is 0.465 e. The number of para-hydroxylation sites is 1. The minimum Gasteiger partial charge on any atom is -0.465 e. The minimum absolute atomic E-state index is 0.307. The van der Waals surface area contributed by atoms with E-state index in [9.17, 15) is 4.79 Å². The van der Waals surface area contributed by atoms with E-state index in [1.54, 1.807) is 36.4 Å². The van der Waals surface area contributed by atoms with Crippen LogP contribution in [-0.2, 0) is 4.74 Å². The summed E-state index contributed by atoms with van der Waals surface area (Å²) in [6, 6.07) is 12.2. The maximum absolute atomic E-state index is 11.8. The van der Waals surface area contributed by atoms with Gasteiger partial charge >= 0.3 is 5.97 Å². The van der Waals surface area contributed by atoms with Crippen molar-refractivity contribution in [1.29, 1.82) is 5.26 Å². The minimum atomic E-state index is -0.502. The van der Waals surface area contributed by atoms with Crippen LogP contribution in [0.4, 0.5) is 17.1 Å². The SMILES string of the molecule is COC(=O)c1cccc(N)c1Nc1cc(Br)ccc1C#N. The lowest BCUT2D eigenvalue weighted by Crippen LogP contribution is -2.08. The van der Waals surface area contributed by atoms with E-state index in [2.05, 4.69) is 27.3 Å². The van der Waals surface area contributed by atoms with Gasteiger partial charge in [-0.1, -0.05) is 22.0 Å². The van der Waals surface area contributed by atoms with Crippen molar-refractivity contribution in [2.45, 2.75) is 0 Å². The Morgan fingerprint density at radius 1 is 1.38 bits per heavy atom. The molecule has 0 fully saturated rings. The number of benzene rings is 2. The van der Waals surface area contributed by atoms with Gasteiger partial charge in [0.1, 0.15) is 6.07 Å². The average Bonchev–Trinajstić information content (AvgIpc) is 2.48. The van der Waals surface area contributed by atoms with Crippen molar-refractivity contribution in [1.82, 2.24) is 0 Å². The third-order valence-electron chi connectivity index (χ3n) is 2.86. The number of ether oxygens (including phenoxy) is 1. The monoisotopic (exact) mass is 345 g/mol. The predicted molar refractivity (Wildman–Crippen MR) is 84.3 cm³/mol. The van der Waals surface area contributed by atoms with Gasteiger partial charge in [0.2, 0.25) is 0 Å². The van der Waals surface area contributed by atoms with E-state index < -0.39 is 5.97 Å². The molecule has 0 aliphatic rings. The number of carbonyl (C=O) groups excluding carboxylic acids is 1. The average molecular weight is 346 g/mol. The summed E-state index contributed by atoms with van der Waals surface area (Å²) < 4.78 is 5.54. The molecule has 2 rings (SSSR count). The molecule has 3 N–H and O–H groups in total. The Bertz CT molecular complexity index is 738. The van der Waals surface area contributed by atoms with Crippen LogP contribution in [0.1, 0.15) is 15.9 Å². The zero-order valence-corrected chi connectivity index (χ0v) is 12.8. The van der Waals surface area contributed by atoms with Crippen LogP contribution in [0.5, 0.6) is 0 Å². The highest BCUT2D eigenvalue weighted by atomic mass is 79.9. The van der Waals surface area contributed by atoms with E-state index >= 15 is 0 Å². The van der Waals surface area contributed by atoms with E-state index in [4.69, 9.17) is 15.7 Å². The van der Waals surface area contributed by atoms with E-state index in [0.29, 0.717) is 28.2 Å². The number of methoxy groups -OCH3 is 1. The lowest BCUT2D eigenvalue weighted by Gasteiger charge is -2.14. The third kappa shape index (κ3) is 3.15. The molecule has 0 aromatic heterocycles. The number of nitrogen functional groups attached to an aromatic ring is 1. The van der Waals surface area contributed by atoms with Crippen LogP contribution in [0, 0.1) is 11.3 Å². The summed E-state index contributed by atoms with van der Waals surface area (Å²) in [5.41, 5.74) is 8.03.